The first-order chi connectivity index (χ1) is 9.46. The first-order valence-corrected chi connectivity index (χ1v) is 8.67. The minimum absolute atomic E-state index is 0.0231. The third-order valence-electron chi connectivity index (χ3n) is 3.67. The SMILES string of the molecule is CC(CNS(=O)(=O)Cc1cccc(N)c1)N1CCCC1. The average Bonchev–Trinajstić information content (AvgIpc) is 2.89. The third kappa shape index (κ3) is 4.47. The number of likely N-dealkylation sites (tertiary alicyclic amines) is 1. The van der Waals surface area contributed by atoms with E-state index in [-0.39, 0.29) is 11.8 Å². The summed E-state index contributed by atoms with van der Waals surface area (Å²) in [5, 5.41) is 0. The van der Waals surface area contributed by atoms with Crippen LogP contribution in [0.1, 0.15) is 25.3 Å². The Labute approximate surface area is 121 Å². The number of rotatable bonds is 6. The van der Waals surface area contributed by atoms with Crippen LogP contribution in [0.4, 0.5) is 5.69 Å². The van der Waals surface area contributed by atoms with Crippen molar-refractivity contribution in [2.24, 2.45) is 0 Å². The topological polar surface area (TPSA) is 75.4 Å². The Balaban J connectivity index is 1.87. The van der Waals surface area contributed by atoms with Crippen LogP contribution in [0.3, 0.4) is 0 Å². The molecule has 1 unspecified atom stereocenters. The maximum absolute atomic E-state index is 12.1. The van der Waals surface area contributed by atoms with Crippen molar-refractivity contribution in [2.75, 3.05) is 25.4 Å². The van der Waals surface area contributed by atoms with Crippen molar-refractivity contribution < 1.29 is 8.42 Å². The van der Waals surface area contributed by atoms with E-state index in [2.05, 4.69) is 16.5 Å². The van der Waals surface area contributed by atoms with Gasteiger partial charge in [0.2, 0.25) is 10.0 Å². The van der Waals surface area contributed by atoms with Crippen LogP contribution >= 0.6 is 0 Å². The number of anilines is 1. The summed E-state index contributed by atoms with van der Waals surface area (Å²) < 4.78 is 26.8. The molecular formula is C14H23N3O2S. The highest BCUT2D eigenvalue weighted by atomic mass is 32.2. The highest BCUT2D eigenvalue weighted by Crippen LogP contribution is 2.12. The minimum atomic E-state index is -3.31. The molecule has 112 valence electrons. The zero-order valence-electron chi connectivity index (χ0n) is 11.9. The molecule has 1 fully saturated rings. The number of hydrogen-bond acceptors (Lipinski definition) is 4. The fraction of sp³-hybridized carbons (Fsp3) is 0.571. The van der Waals surface area contributed by atoms with E-state index in [4.69, 9.17) is 5.73 Å². The lowest BCUT2D eigenvalue weighted by Crippen LogP contribution is -2.40. The lowest BCUT2D eigenvalue weighted by molar-refractivity contribution is 0.260. The summed E-state index contributed by atoms with van der Waals surface area (Å²) in [5.74, 6) is -0.0231. The molecule has 2 rings (SSSR count). The Morgan fingerprint density at radius 2 is 2.05 bits per heavy atom. The van der Waals surface area contributed by atoms with Crippen LogP contribution < -0.4 is 10.5 Å². The molecule has 5 nitrogen and oxygen atoms in total. The first-order valence-electron chi connectivity index (χ1n) is 7.02. The molecule has 0 aliphatic carbocycles. The molecule has 1 aromatic rings. The molecule has 0 bridgehead atoms. The molecule has 0 amide bonds. The van der Waals surface area contributed by atoms with Gasteiger partial charge in [-0.25, -0.2) is 13.1 Å². The molecule has 0 aromatic heterocycles. The van der Waals surface area contributed by atoms with Crippen molar-refractivity contribution in [1.29, 1.82) is 0 Å². The van der Waals surface area contributed by atoms with Crippen molar-refractivity contribution in [3.8, 4) is 0 Å². The maximum Gasteiger partial charge on any atom is 0.215 e. The van der Waals surface area contributed by atoms with Crippen molar-refractivity contribution in [2.45, 2.75) is 31.6 Å². The molecule has 0 saturated carbocycles. The van der Waals surface area contributed by atoms with E-state index >= 15 is 0 Å². The van der Waals surface area contributed by atoms with Crippen LogP contribution in [0, 0.1) is 0 Å². The van der Waals surface area contributed by atoms with Crippen LogP contribution in [0.15, 0.2) is 24.3 Å². The quantitative estimate of drug-likeness (QED) is 0.773. The number of nitrogens with one attached hydrogen (secondary N) is 1. The van der Waals surface area contributed by atoms with Gasteiger partial charge in [0.05, 0.1) is 5.75 Å². The second-order valence-electron chi connectivity index (χ2n) is 5.44. The summed E-state index contributed by atoms with van der Waals surface area (Å²) >= 11 is 0. The molecule has 1 aliphatic heterocycles. The standard InChI is InChI=1S/C14H23N3O2S/c1-12(17-7-2-3-8-17)10-16-20(18,19)11-13-5-4-6-14(15)9-13/h4-6,9,12,16H,2-3,7-8,10-11,15H2,1H3. The molecule has 0 spiro atoms. The summed E-state index contributed by atoms with van der Waals surface area (Å²) in [4.78, 5) is 2.32. The molecule has 1 atom stereocenters. The molecular weight excluding hydrogens is 274 g/mol. The van der Waals surface area contributed by atoms with Crippen LogP contribution in [-0.2, 0) is 15.8 Å². The third-order valence-corrected chi connectivity index (χ3v) is 4.99. The Hall–Kier alpha value is -1.11. The van der Waals surface area contributed by atoms with Gasteiger partial charge in [0.15, 0.2) is 0 Å². The predicted molar refractivity (Wildman–Crippen MR) is 81.7 cm³/mol. The van der Waals surface area contributed by atoms with Crippen LogP contribution in [-0.4, -0.2) is 39.0 Å². The van der Waals surface area contributed by atoms with Gasteiger partial charge in [-0.1, -0.05) is 12.1 Å². The number of nitrogens with zero attached hydrogens (tertiary/aromatic N) is 1. The second kappa shape index (κ2) is 6.56. The van der Waals surface area contributed by atoms with Gasteiger partial charge in [0.1, 0.15) is 0 Å². The molecule has 1 heterocycles. The van der Waals surface area contributed by atoms with E-state index in [1.54, 1.807) is 24.3 Å². The van der Waals surface area contributed by atoms with E-state index < -0.39 is 10.0 Å². The number of nitrogens with two attached hydrogens (primary N) is 1. The Kier molecular flexibility index (Phi) is 5.01. The minimum Gasteiger partial charge on any atom is -0.399 e. The van der Waals surface area contributed by atoms with Crippen LogP contribution in [0.5, 0.6) is 0 Å². The van der Waals surface area contributed by atoms with E-state index in [1.165, 1.54) is 12.8 Å². The molecule has 0 radical (unpaired) electrons. The van der Waals surface area contributed by atoms with Crippen molar-refractivity contribution >= 4 is 15.7 Å². The molecule has 20 heavy (non-hydrogen) atoms. The van der Waals surface area contributed by atoms with Gasteiger partial charge in [0.25, 0.3) is 0 Å². The highest BCUT2D eigenvalue weighted by Gasteiger charge is 2.20. The fourth-order valence-corrected chi connectivity index (χ4v) is 3.73. The fourth-order valence-electron chi connectivity index (χ4n) is 2.51. The van der Waals surface area contributed by atoms with Crippen molar-refractivity contribution in [3.05, 3.63) is 29.8 Å². The van der Waals surface area contributed by atoms with Gasteiger partial charge in [-0.2, -0.15) is 0 Å². The first kappa shape index (κ1) is 15.3. The van der Waals surface area contributed by atoms with Crippen LogP contribution in [0.25, 0.3) is 0 Å². The lowest BCUT2D eigenvalue weighted by Gasteiger charge is -2.23. The van der Waals surface area contributed by atoms with Gasteiger partial charge >= 0.3 is 0 Å². The number of benzene rings is 1. The summed E-state index contributed by atoms with van der Waals surface area (Å²) in [7, 11) is -3.31. The van der Waals surface area contributed by atoms with Crippen molar-refractivity contribution in [3.63, 3.8) is 0 Å². The summed E-state index contributed by atoms with van der Waals surface area (Å²) in [5.41, 5.74) is 6.96. The van der Waals surface area contributed by atoms with Gasteiger partial charge in [-0.15, -0.1) is 0 Å². The van der Waals surface area contributed by atoms with E-state index in [1.807, 2.05) is 0 Å². The second-order valence-corrected chi connectivity index (χ2v) is 7.25. The number of hydrogen-bond donors (Lipinski definition) is 2. The van der Waals surface area contributed by atoms with Crippen LogP contribution in [0.2, 0.25) is 0 Å². The lowest BCUT2D eigenvalue weighted by atomic mass is 10.2. The summed E-state index contributed by atoms with van der Waals surface area (Å²) in [6, 6.07) is 7.24. The van der Waals surface area contributed by atoms with Gasteiger partial charge in [-0.05, 0) is 50.6 Å². The Morgan fingerprint density at radius 1 is 1.35 bits per heavy atom. The van der Waals surface area contributed by atoms with E-state index in [0.29, 0.717) is 17.8 Å². The molecule has 6 heteroatoms. The smallest absolute Gasteiger partial charge is 0.215 e. The van der Waals surface area contributed by atoms with E-state index in [0.717, 1.165) is 13.1 Å². The highest BCUT2D eigenvalue weighted by molar-refractivity contribution is 7.88. The van der Waals surface area contributed by atoms with Gasteiger partial charge < -0.3 is 5.73 Å². The average molecular weight is 297 g/mol. The van der Waals surface area contributed by atoms with Gasteiger partial charge in [-0.3, -0.25) is 4.90 Å². The molecule has 1 aliphatic rings. The maximum atomic E-state index is 12.1. The molecule has 3 N–H and O–H groups in total. The van der Waals surface area contributed by atoms with Crippen molar-refractivity contribution in [1.82, 2.24) is 9.62 Å². The Morgan fingerprint density at radius 3 is 2.70 bits per heavy atom. The zero-order chi connectivity index (χ0) is 14.6. The molecule has 1 saturated heterocycles. The summed E-state index contributed by atoms with van der Waals surface area (Å²) in [6.07, 6.45) is 2.42. The largest absolute Gasteiger partial charge is 0.399 e. The Bertz CT molecular complexity index is 539. The monoisotopic (exact) mass is 297 g/mol. The normalized spacial score (nSPS) is 18.2. The zero-order valence-corrected chi connectivity index (χ0v) is 12.7. The predicted octanol–water partition coefficient (Wildman–Crippen LogP) is 1.17. The van der Waals surface area contributed by atoms with Gasteiger partial charge in [0, 0.05) is 18.3 Å². The summed E-state index contributed by atoms with van der Waals surface area (Å²) in [6.45, 7) is 4.66. The number of nitrogen functional groups attached to an aromatic ring is 1. The number of sulfonamides is 1. The van der Waals surface area contributed by atoms with E-state index in [9.17, 15) is 8.42 Å². The molecule has 1 aromatic carbocycles.